The van der Waals surface area contributed by atoms with Crippen LogP contribution in [-0.2, 0) is 24.5 Å². The van der Waals surface area contributed by atoms with Gasteiger partial charge >= 0.3 is 0 Å². The number of benzene rings is 1. The topological polar surface area (TPSA) is 120 Å². The number of carbonyl (C=O) groups excluding carboxylic acids is 2. The van der Waals surface area contributed by atoms with Gasteiger partial charge in [0.1, 0.15) is 5.04 Å². The highest BCUT2D eigenvalue weighted by atomic mass is 32.2. The predicted octanol–water partition coefficient (Wildman–Crippen LogP) is 1.83. The Morgan fingerprint density at radius 2 is 1.82 bits per heavy atom. The van der Waals surface area contributed by atoms with Gasteiger partial charge < -0.3 is 10.6 Å². The molecule has 3 N–H and O–H groups in total. The monoisotopic (exact) mass is 497 g/mol. The van der Waals surface area contributed by atoms with Crippen LogP contribution in [0.15, 0.2) is 35.4 Å². The van der Waals surface area contributed by atoms with Gasteiger partial charge in [0.05, 0.1) is 18.8 Å². The summed E-state index contributed by atoms with van der Waals surface area (Å²) >= 11 is 1.28. The number of carbonyl (C=O) groups is 2. The first-order chi connectivity index (χ1) is 15.4. The van der Waals surface area contributed by atoms with Gasteiger partial charge in [-0.3, -0.25) is 9.59 Å². The number of sulfonamides is 1. The molecule has 0 bridgehead atoms. The standard InChI is InChI=1S/C22H35N5O4S2/c1-6-18(28)24-15-19-26-27(20(29)21(3,4)5)22(32-19,17-11-9-8-10-12-17)16-25-33(30,31)14-13-23-7-2/h8-12,23,25H,6-7,13-16H2,1-5H3,(H,24,28)/t22-/m0/s1. The van der Waals surface area contributed by atoms with Crippen molar-refractivity contribution in [3.63, 3.8) is 0 Å². The number of nitrogens with one attached hydrogen (secondary N) is 3. The van der Waals surface area contributed by atoms with E-state index in [1.54, 1.807) is 27.7 Å². The number of nitrogens with zero attached hydrogens (tertiary/aromatic N) is 2. The van der Waals surface area contributed by atoms with Gasteiger partial charge in [-0.2, -0.15) is 5.10 Å². The van der Waals surface area contributed by atoms with E-state index in [2.05, 4.69) is 20.5 Å². The van der Waals surface area contributed by atoms with Crippen LogP contribution >= 0.6 is 11.8 Å². The minimum atomic E-state index is -3.60. The molecule has 1 heterocycles. The van der Waals surface area contributed by atoms with Crippen LogP contribution in [0, 0.1) is 5.41 Å². The number of thioether (sulfide) groups is 1. The van der Waals surface area contributed by atoms with Gasteiger partial charge in [-0.05, 0) is 12.1 Å². The molecule has 0 saturated carbocycles. The summed E-state index contributed by atoms with van der Waals surface area (Å²) in [6, 6.07) is 9.25. The average molecular weight is 498 g/mol. The van der Waals surface area contributed by atoms with Crippen LogP contribution in [0.2, 0.25) is 0 Å². The van der Waals surface area contributed by atoms with E-state index >= 15 is 0 Å². The summed E-state index contributed by atoms with van der Waals surface area (Å²) in [5, 5.41) is 12.3. The highest BCUT2D eigenvalue weighted by Crippen LogP contribution is 2.47. The molecule has 0 aliphatic carbocycles. The Kier molecular flexibility index (Phi) is 9.48. The fraction of sp³-hybridized carbons (Fsp3) is 0.591. The number of hydrazone groups is 1. The van der Waals surface area contributed by atoms with E-state index in [9.17, 15) is 18.0 Å². The Labute approximate surface area is 201 Å². The van der Waals surface area contributed by atoms with Crippen molar-refractivity contribution >= 4 is 38.6 Å². The van der Waals surface area contributed by atoms with Gasteiger partial charge in [0.15, 0.2) is 4.87 Å². The SMILES string of the molecule is CCNCCS(=O)(=O)NC[C@@]1(c2ccccc2)SC(CNC(=O)CC)=NN1C(=O)C(C)(C)C. The third kappa shape index (κ3) is 7.26. The average Bonchev–Trinajstić information content (AvgIpc) is 3.15. The number of amides is 2. The molecule has 0 saturated heterocycles. The van der Waals surface area contributed by atoms with Crippen LogP contribution < -0.4 is 15.4 Å². The van der Waals surface area contributed by atoms with Crippen LogP contribution in [0.5, 0.6) is 0 Å². The van der Waals surface area contributed by atoms with Crippen molar-refractivity contribution in [1.82, 2.24) is 20.4 Å². The van der Waals surface area contributed by atoms with Crippen molar-refractivity contribution in [3.8, 4) is 0 Å². The quantitative estimate of drug-likeness (QED) is 0.401. The normalized spacial score (nSPS) is 18.8. The Hall–Kier alpha value is -1.95. The maximum atomic E-state index is 13.5. The first kappa shape index (κ1) is 27.3. The second-order valence-corrected chi connectivity index (χ2v) is 12.0. The smallest absolute Gasteiger partial charge is 0.249 e. The summed E-state index contributed by atoms with van der Waals surface area (Å²) in [7, 11) is -3.60. The number of hydrogen-bond acceptors (Lipinski definition) is 7. The van der Waals surface area contributed by atoms with E-state index in [1.165, 1.54) is 16.8 Å². The van der Waals surface area contributed by atoms with Crippen LogP contribution in [0.4, 0.5) is 0 Å². The van der Waals surface area contributed by atoms with E-state index in [0.717, 1.165) is 5.56 Å². The van der Waals surface area contributed by atoms with Gasteiger partial charge in [0.2, 0.25) is 21.8 Å². The Balaban J connectivity index is 2.44. The maximum absolute atomic E-state index is 13.5. The van der Waals surface area contributed by atoms with Gasteiger partial charge in [-0.15, -0.1) is 0 Å². The molecular formula is C22H35N5O4S2. The summed E-state index contributed by atoms with van der Waals surface area (Å²) in [5.74, 6) is -0.458. The van der Waals surface area contributed by atoms with E-state index in [1.807, 2.05) is 37.3 Å². The lowest BCUT2D eigenvalue weighted by atomic mass is 9.93. The molecule has 33 heavy (non-hydrogen) atoms. The van der Waals surface area contributed by atoms with E-state index in [-0.39, 0.29) is 30.7 Å². The Bertz CT molecular complexity index is 961. The summed E-state index contributed by atoms with van der Waals surface area (Å²) in [5.41, 5.74) is -0.0154. The molecule has 184 valence electrons. The van der Waals surface area contributed by atoms with Gasteiger partial charge in [0.25, 0.3) is 0 Å². The number of hydrogen-bond donors (Lipinski definition) is 3. The highest BCUT2D eigenvalue weighted by Gasteiger charge is 2.50. The van der Waals surface area contributed by atoms with E-state index in [4.69, 9.17) is 0 Å². The van der Waals surface area contributed by atoms with Crippen LogP contribution in [0.1, 0.15) is 46.6 Å². The second kappa shape index (κ2) is 11.5. The minimum Gasteiger partial charge on any atom is -0.350 e. The van der Waals surface area contributed by atoms with Gasteiger partial charge in [0, 0.05) is 18.4 Å². The van der Waals surface area contributed by atoms with Crippen molar-refractivity contribution in [1.29, 1.82) is 0 Å². The third-order valence-electron chi connectivity index (χ3n) is 4.99. The van der Waals surface area contributed by atoms with Gasteiger partial charge in [-0.1, -0.05) is 76.7 Å². The molecule has 0 radical (unpaired) electrons. The molecule has 1 atom stereocenters. The van der Waals surface area contributed by atoms with Crippen molar-refractivity contribution in [3.05, 3.63) is 35.9 Å². The van der Waals surface area contributed by atoms with Crippen molar-refractivity contribution < 1.29 is 18.0 Å². The van der Waals surface area contributed by atoms with Crippen LogP contribution in [0.25, 0.3) is 0 Å². The molecule has 1 aliphatic heterocycles. The lowest BCUT2D eigenvalue weighted by Gasteiger charge is -2.38. The Morgan fingerprint density at radius 3 is 2.39 bits per heavy atom. The van der Waals surface area contributed by atoms with E-state index in [0.29, 0.717) is 24.6 Å². The predicted molar refractivity (Wildman–Crippen MR) is 133 cm³/mol. The first-order valence-corrected chi connectivity index (χ1v) is 13.5. The third-order valence-corrected chi connectivity index (χ3v) is 7.66. The molecule has 0 aromatic heterocycles. The lowest BCUT2D eigenvalue weighted by Crippen LogP contribution is -2.52. The van der Waals surface area contributed by atoms with Crippen molar-refractivity contribution in [2.24, 2.45) is 10.5 Å². The fourth-order valence-electron chi connectivity index (χ4n) is 3.10. The largest absolute Gasteiger partial charge is 0.350 e. The molecule has 0 fully saturated rings. The summed E-state index contributed by atoms with van der Waals surface area (Å²) in [6.07, 6.45) is 0.331. The Morgan fingerprint density at radius 1 is 1.15 bits per heavy atom. The summed E-state index contributed by atoms with van der Waals surface area (Å²) < 4.78 is 28.1. The number of rotatable bonds is 11. The first-order valence-electron chi connectivity index (χ1n) is 11.1. The van der Waals surface area contributed by atoms with Crippen LogP contribution in [-0.4, -0.2) is 62.2 Å². The van der Waals surface area contributed by atoms with E-state index < -0.39 is 20.3 Å². The molecule has 0 unspecified atom stereocenters. The maximum Gasteiger partial charge on any atom is 0.249 e. The lowest BCUT2D eigenvalue weighted by molar-refractivity contribution is -0.143. The van der Waals surface area contributed by atoms with Crippen LogP contribution in [0.3, 0.4) is 0 Å². The molecule has 1 aliphatic rings. The minimum absolute atomic E-state index is 0.0628. The zero-order chi connectivity index (χ0) is 24.7. The fourth-order valence-corrected chi connectivity index (χ4v) is 5.45. The van der Waals surface area contributed by atoms with Gasteiger partial charge in [-0.25, -0.2) is 18.1 Å². The molecule has 0 spiro atoms. The summed E-state index contributed by atoms with van der Waals surface area (Å²) in [4.78, 5) is 24.1. The molecule has 1 aromatic rings. The molecule has 1 aromatic carbocycles. The van der Waals surface area contributed by atoms with Crippen molar-refractivity contribution in [2.75, 3.05) is 31.9 Å². The zero-order valence-electron chi connectivity index (χ0n) is 20.0. The second-order valence-electron chi connectivity index (χ2n) is 8.74. The highest BCUT2D eigenvalue weighted by molar-refractivity contribution is 8.15. The molecule has 9 nitrogen and oxygen atoms in total. The molecular weight excluding hydrogens is 462 g/mol. The molecule has 2 rings (SSSR count). The zero-order valence-corrected chi connectivity index (χ0v) is 21.6. The summed E-state index contributed by atoms with van der Waals surface area (Å²) in [6.45, 7) is 10.1. The molecule has 2 amide bonds. The van der Waals surface area contributed by atoms with Crippen molar-refractivity contribution in [2.45, 2.75) is 45.9 Å². The molecule has 11 heteroatoms.